The van der Waals surface area contributed by atoms with Gasteiger partial charge in [0.2, 0.25) is 5.88 Å². The predicted octanol–water partition coefficient (Wildman–Crippen LogP) is 2.93. The maximum Gasteiger partial charge on any atom is 0.251 e. The lowest BCUT2D eigenvalue weighted by atomic mass is 10.1. The molecule has 166 valence electrons. The number of carbonyl (C=O) groups excluding carboxylic acids is 1. The molecule has 0 unspecified atom stereocenters. The van der Waals surface area contributed by atoms with Crippen molar-refractivity contribution in [2.45, 2.75) is 19.6 Å². The molecule has 0 saturated carbocycles. The first-order chi connectivity index (χ1) is 15.7. The third-order valence-electron chi connectivity index (χ3n) is 4.83. The van der Waals surface area contributed by atoms with E-state index in [1.165, 1.54) is 0 Å². The van der Waals surface area contributed by atoms with Crippen molar-refractivity contribution in [1.82, 2.24) is 20.9 Å². The van der Waals surface area contributed by atoms with E-state index in [0.717, 1.165) is 23.1 Å². The van der Waals surface area contributed by atoms with Crippen molar-refractivity contribution in [3.8, 4) is 5.88 Å². The second-order valence-electron chi connectivity index (χ2n) is 7.16. The van der Waals surface area contributed by atoms with E-state index in [4.69, 9.17) is 4.74 Å². The standard InChI is InChI=1S/C25H29N5O2/c1-26-24(31)22-10-6-9-19(15-22)11-14-29-25(27-2)30-17-21-12-13-28-23(16-21)32-18-20-7-4-3-5-8-20/h3-10,12-13,15-16H,11,14,17-18H2,1-2H3,(H,26,31)(H2,27,29,30). The Morgan fingerprint density at radius 2 is 1.78 bits per heavy atom. The summed E-state index contributed by atoms with van der Waals surface area (Å²) in [5.41, 5.74) is 3.89. The summed E-state index contributed by atoms with van der Waals surface area (Å²) >= 11 is 0. The van der Waals surface area contributed by atoms with Crippen LogP contribution in [0.4, 0.5) is 0 Å². The molecule has 1 aromatic heterocycles. The fourth-order valence-corrected chi connectivity index (χ4v) is 3.11. The van der Waals surface area contributed by atoms with Crippen LogP contribution < -0.4 is 20.7 Å². The van der Waals surface area contributed by atoms with Crippen molar-refractivity contribution < 1.29 is 9.53 Å². The fraction of sp³-hybridized carbons (Fsp3) is 0.240. The molecule has 0 atom stereocenters. The Labute approximate surface area is 189 Å². The third-order valence-corrected chi connectivity index (χ3v) is 4.83. The Balaban J connectivity index is 1.46. The molecule has 0 aliphatic rings. The third kappa shape index (κ3) is 7.12. The van der Waals surface area contributed by atoms with Crippen LogP contribution in [-0.4, -0.2) is 37.5 Å². The summed E-state index contributed by atoms with van der Waals surface area (Å²) in [6.45, 7) is 1.77. The molecule has 0 aliphatic carbocycles. The lowest BCUT2D eigenvalue weighted by molar-refractivity contribution is 0.0963. The number of benzene rings is 2. The molecule has 0 spiro atoms. The minimum absolute atomic E-state index is 0.0817. The molecule has 3 aromatic rings. The van der Waals surface area contributed by atoms with E-state index in [-0.39, 0.29) is 5.91 Å². The number of aliphatic imine (C=N–C) groups is 1. The second-order valence-corrected chi connectivity index (χ2v) is 7.16. The van der Waals surface area contributed by atoms with Crippen molar-refractivity contribution in [3.63, 3.8) is 0 Å². The topological polar surface area (TPSA) is 87.6 Å². The number of hydrogen-bond acceptors (Lipinski definition) is 4. The molecule has 1 amide bonds. The number of amides is 1. The Morgan fingerprint density at radius 1 is 0.969 bits per heavy atom. The van der Waals surface area contributed by atoms with Crippen molar-refractivity contribution in [1.29, 1.82) is 0 Å². The van der Waals surface area contributed by atoms with Crippen LogP contribution in [0.2, 0.25) is 0 Å². The van der Waals surface area contributed by atoms with Crippen LogP contribution in [-0.2, 0) is 19.6 Å². The first kappa shape index (κ1) is 22.8. The van der Waals surface area contributed by atoms with Gasteiger partial charge in [-0.15, -0.1) is 0 Å². The first-order valence-electron chi connectivity index (χ1n) is 10.5. The number of pyridine rings is 1. The van der Waals surface area contributed by atoms with Crippen LogP contribution in [0.1, 0.15) is 27.0 Å². The summed E-state index contributed by atoms with van der Waals surface area (Å²) in [5.74, 6) is 1.21. The van der Waals surface area contributed by atoms with Gasteiger partial charge >= 0.3 is 0 Å². The highest BCUT2D eigenvalue weighted by Crippen LogP contribution is 2.12. The summed E-state index contributed by atoms with van der Waals surface area (Å²) in [6, 6.07) is 21.5. The summed E-state index contributed by atoms with van der Waals surface area (Å²) in [6.07, 6.45) is 2.52. The van der Waals surface area contributed by atoms with E-state index in [2.05, 4.69) is 25.9 Å². The van der Waals surface area contributed by atoms with E-state index in [9.17, 15) is 4.79 Å². The van der Waals surface area contributed by atoms with Crippen LogP contribution in [0, 0.1) is 0 Å². The molecule has 0 bridgehead atoms. The number of rotatable bonds is 9. The second kappa shape index (κ2) is 12.1. The Morgan fingerprint density at radius 3 is 2.56 bits per heavy atom. The summed E-state index contributed by atoms with van der Waals surface area (Å²) < 4.78 is 5.80. The van der Waals surface area contributed by atoms with Gasteiger partial charge in [-0.3, -0.25) is 9.79 Å². The lowest BCUT2D eigenvalue weighted by Gasteiger charge is -2.13. The number of carbonyl (C=O) groups is 1. The molecule has 0 fully saturated rings. The zero-order valence-electron chi connectivity index (χ0n) is 18.5. The monoisotopic (exact) mass is 431 g/mol. The van der Waals surface area contributed by atoms with E-state index in [0.29, 0.717) is 37.1 Å². The van der Waals surface area contributed by atoms with Crippen molar-refractivity contribution in [3.05, 3.63) is 95.2 Å². The quantitative estimate of drug-likeness (QED) is 0.358. The molecule has 0 saturated heterocycles. The van der Waals surface area contributed by atoms with Gasteiger partial charge < -0.3 is 20.7 Å². The minimum Gasteiger partial charge on any atom is -0.473 e. The Kier molecular flexibility index (Phi) is 8.62. The van der Waals surface area contributed by atoms with Crippen LogP contribution in [0.5, 0.6) is 5.88 Å². The number of hydrogen-bond donors (Lipinski definition) is 3. The zero-order valence-corrected chi connectivity index (χ0v) is 18.5. The molecular formula is C25H29N5O2. The van der Waals surface area contributed by atoms with E-state index in [1.54, 1.807) is 20.3 Å². The zero-order chi connectivity index (χ0) is 22.6. The Hall–Kier alpha value is -3.87. The molecule has 0 aliphatic heterocycles. The van der Waals surface area contributed by atoms with Gasteiger partial charge in [0.1, 0.15) is 6.61 Å². The van der Waals surface area contributed by atoms with Crippen molar-refractivity contribution >= 4 is 11.9 Å². The van der Waals surface area contributed by atoms with E-state index < -0.39 is 0 Å². The number of aromatic nitrogens is 1. The highest BCUT2D eigenvalue weighted by Gasteiger charge is 2.05. The maximum atomic E-state index is 11.8. The predicted molar refractivity (Wildman–Crippen MR) is 127 cm³/mol. The molecule has 32 heavy (non-hydrogen) atoms. The van der Waals surface area contributed by atoms with E-state index >= 15 is 0 Å². The number of guanidine groups is 1. The van der Waals surface area contributed by atoms with Crippen LogP contribution in [0.25, 0.3) is 0 Å². The molecular weight excluding hydrogens is 402 g/mol. The van der Waals surface area contributed by atoms with Crippen LogP contribution in [0.3, 0.4) is 0 Å². The molecule has 3 N–H and O–H groups in total. The van der Waals surface area contributed by atoms with Crippen molar-refractivity contribution in [2.24, 2.45) is 4.99 Å². The van der Waals surface area contributed by atoms with Gasteiger partial charge in [-0.2, -0.15) is 0 Å². The summed E-state index contributed by atoms with van der Waals surface area (Å²) in [7, 11) is 3.37. The van der Waals surface area contributed by atoms with Gasteiger partial charge in [0.15, 0.2) is 5.96 Å². The van der Waals surface area contributed by atoms with Gasteiger partial charge in [0.05, 0.1) is 0 Å². The van der Waals surface area contributed by atoms with Gasteiger partial charge in [0.25, 0.3) is 5.91 Å². The summed E-state index contributed by atoms with van der Waals surface area (Å²) in [5, 5.41) is 9.25. The highest BCUT2D eigenvalue weighted by molar-refractivity contribution is 5.94. The molecule has 0 radical (unpaired) electrons. The summed E-state index contributed by atoms with van der Waals surface area (Å²) in [4.78, 5) is 20.3. The first-order valence-corrected chi connectivity index (χ1v) is 10.5. The Bertz CT molecular complexity index is 1040. The van der Waals surface area contributed by atoms with Crippen molar-refractivity contribution in [2.75, 3.05) is 20.6 Å². The average Bonchev–Trinajstić information content (AvgIpc) is 2.85. The fourth-order valence-electron chi connectivity index (χ4n) is 3.11. The van der Waals surface area contributed by atoms with Gasteiger partial charge in [-0.05, 0) is 41.3 Å². The molecule has 3 rings (SSSR count). The van der Waals surface area contributed by atoms with Crippen LogP contribution in [0.15, 0.2) is 77.9 Å². The molecule has 7 nitrogen and oxygen atoms in total. The molecule has 7 heteroatoms. The van der Waals surface area contributed by atoms with Gasteiger partial charge in [-0.25, -0.2) is 4.98 Å². The highest BCUT2D eigenvalue weighted by atomic mass is 16.5. The largest absolute Gasteiger partial charge is 0.473 e. The number of ether oxygens (including phenoxy) is 1. The minimum atomic E-state index is -0.0817. The smallest absolute Gasteiger partial charge is 0.251 e. The lowest BCUT2D eigenvalue weighted by Crippen LogP contribution is -2.37. The van der Waals surface area contributed by atoms with E-state index in [1.807, 2.05) is 66.7 Å². The van der Waals surface area contributed by atoms with Gasteiger partial charge in [-0.1, -0.05) is 42.5 Å². The normalized spacial score (nSPS) is 11.0. The molecule has 1 heterocycles. The average molecular weight is 432 g/mol. The molecule has 2 aromatic carbocycles. The SMILES string of the molecule is CN=C(NCCc1cccc(C(=O)NC)c1)NCc1ccnc(OCc2ccccc2)c1. The van der Waals surface area contributed by atoms with Crippen LogP contribution >= 0.6 is 0 Å². The maximum absolute atomic E-state index is 11.8. The number of nitrogens with zero attached hydrogens (tertiary/aromatic N) is 2. The number of nitrogens with one attached hydrogen (secondary N) is 3. The van der Waals surface area contributed by atoms with Gasteiger partial charge in [0, 0.05) is 45.0 Å².